The monoisotopic (exact) mass is 735 g/mol. The maximum Gasteiger partial charge on any atom is 0.0476 e. The highest BCUT2D eigenvalue weighted by atomic mass is 32.1. The summed E-state index contributed by atoms with van der Waals surface area (Å²) in [6.45, 7) is 0. The molecule has 0 fully saturated rings. The van der Waals surface area contributed by atoms with E-state index in [0.717, 1.165) is 17.1 Å². The van der Waals surface area contributed by atoms with Crippen LogP contribution in [0.4, 0.5) is 17.1 Å². The highest BCUT2D eigenvalue weighted by Gasteiger charge is 2.19. The van der Waals surface area contributed by atoms with Gasteiger partial charge in [-0.05, 0) is 98.8 Å². The molecule has 9 aromatic carbocycles. The van der Waals surface area contributed by atoms with Gasteiger partial charge in [0.15, 0.2) is 0 Å². The summed E-state index contributed by atoms with van der Waals surface area (Å²) in [5, 5.41) is 7.74. The van der Waals surface area contributed by atoms with Crippen molar-refractivity contribution in [1.82, 2.24) is 0 Å². The van der Waals surface area contributed by atoms with Gasteiger partial charge in [-0.1, -0.05) is 146 Å². The molecule has 2 aromatic heterocycles. The Hall–Kier alpha value is -6.52. The molecular weight excluding hydrogens is 703 g/mol. The quantitative estimate of drug-likeness (QED) is 0.164. The van der Waals surface area contributed by atoms with E-state index in [9.17, 15) is 0 Å². The van der Waals surface area contributed by atoms with Crippen molar-refractivity contribution in [2.75, 3.05) is 4.90 Å². The second-order valence-corrected chi connectivity index (χ2v) is 16.2. The van der Waals surface area contributed by atoms with E-state index in [-0.39, 0.29) is 0 Å². The minimum Gasteiger partial charge on any atom is -0.310 e. The average Bonchev–Trinajstić information content (AvgIpc) is 3.82. The van der Waals surface area contributed by atoms with Crippen LogP contribution in [0.1, 0.15) is 0 Å². The molecule has 0 saturated carbocycles. The molecule has 0 bridgehead atoms. The fourth-order valence-corrected chi connectivity index (χ4v) is 10.6. The Morgan fingerprint density at radius 2 is 0.891 bits per heavy atom. The largest absolute Gasteiger partial charge is 0.310 e. The molecule has 3 heteroatoms. The summed E-state index contributed by atoms with van der Waals surface area (Å²) in [6.07, 6.45) is 0. The van der Waals surface area contributed by atoms with Gasteiger partial charge >= 0.3 is 0 Å². The molecule has 0 saturated heterocycles. The zero-order valence-electron chi connectivity index (χ0n) is 29.8. The smallest absolute Gasteiger partial charge is 0.0476 e. The van der Waals surface area contributed by atoms with E-state index < -0.39 is 0 Å². The lowest BCUT2D eigenvalue weighted by atomic mass is 9.96. The maximum absolute atomic E-state index is 2.44. The van der Waals surface area contributed by atoms with Crippen molar-refractivity contribution in [3.63, 3.8) is 0 Å². The van der Waals surface area contributed by atoms with Crippen molar-refractivity contribution in [2.45, 2.75) is 0 Å². The minimum atomic E-state index is 1.11. The van der Waals surface area contributed by atoms with Crippen molar-refractivity contribution in [3.05, 3.63) is 200 Å². The SMILES string of the molecule is c1ccc(-c2cc(-c3cccc4c3sc3ccccc34)cc(N(c3ccc(-c4cccc5ccccc45)cc3)c3ccc4c(c3)sc3ccccc34)c2)cc1. The van der Waals surface area contributed by atoms with Crippen LogP contribution in [-0.4, -0.2) is 0 Å². The van der Waals surface area contributed by atoms with Crippen LogP contribution in [0, 0.1) is 0 Å². The summed E-state index contributed by atoms with van der Waals surface area (Å²) in [5.74, 6) is 0. The van der Waals surface area contributed by atoms with Gasteiger partial charge in [0, 0.05) is 57.4 Å². The second kappa shape index (κ2) is 13.1. The lowest BCUT2D eigenvalue weighted by molar-refractivity contribution is 1.29. The van der Waals surface area contributed by atoms with E-state index in [1.54, 1.807) is 0 Å². The Kier molecular flexibility index (Phi) is 7.61. The molecule has 11 aromatic rings. The average molecular weight is 736 g/mol. The van der Waals surface area contributed by atoms with Crippen LogP contribution in [0.2, 0.25) is 0 Å². The number of fused-ring (bicyclic) bond motifs is 7. The molecule has 0 N–H and O–H groups in total. The molecule has 0 amide bonds. The van der Waals surface area contributed by atoms with Crippen molar-refractivity contribution >= 4 is 90.9 Å². The van der Waals surface area contributed by atoms with Crippen molar-refractivity contribution in [3.8, 4) is 33.4 Å². The molecule has 0 aliphatic rings. The molecule has 2 heterocycles. The molecule has 0 spiro atoms. The van der Waals surface area contributed by atoms with Gasteiger partial charge in [-0.15, -0.1) is 22.7 Å². The van der Waals surface area contributed by atoms with E-state index in [1.165, 1.54) is 84.5 Å². The summed E-state index contributed by atoms with van der Waals surface area (Å²) in [7, 11) is 0. The lowest BCUT2D eigenvalue weighted by Crippen LogP contribution is -2.10. The molecule has 11 rings (SSSR count). The van der Waals surface area contributed by atoms with E-state index in [0.29, 0.717) is 0 Å². The maximum atomic E-state index is 2.44. The van der Waals surface area contributed by atoms with Crippen LogP contribution in [0.3, 0.4) is 0 Å². The Labute approximate surface area is 327 Å². The standard InChI is InChI=1S/C52H33NS2/c1-2-12-34(13-3-1)37-30-38(44-20-11-21-48-46-18-7-9-23-50(46)55-52(44)48)32-41(31-37)53(40-28-29-47-45-17-6-8-22-49(45)54-51(47)33-40)39-26-24-36(25-27-39)43-19-10-15-35-14-4-5-16-42(35)43/h1-33H. The van der Waals surface area contributed by atoms with Gasteiger partial charge in [0.2, 0.25) is 0 Å². The number of hydrogen-bond acceptors (Lipinski definition) is 3. The summed E-state index contributed by atoms with van der Waals surface area (Å²) in [5.41, 5.74) is 10.6. The van der Waals surface area contributed by atoms with Gasteiger partial charge < -0.3 is 4.90 Å². The Bertz CT molecular complexity index is 3200. The normalized spacial score (nSPS) is 11.6. The zero-order chi connectivity index (χ0) is 36.3. The third-order valence-corrected chi connectivity index (χ3v) is 13.2. The Balaban J connectivity index is 1.14. The van der Waals surface area contributed by atoms with Gasteiger partial charge in [0.1, 0.15) is 0 Å². The van der Waals surface area contributed by atoms with Crippen LogP contribution in [0.25, 0.3) is 84.5 Å². The van der Waals surface area contributed by atoms with E-state index in [2.05, 4.69) is 205 Å². The number of nitrogens with zero attached hydrogens (tertiary/aromatic N) is 1. The fourth-order valence-electron chi connectivity index (χ4n) is 8.24. The first kappa shape index (κ1) is 32.0. The van der Waals surface area contributed by atoms with Crippen LogP contribution < -0.4 is 4.90 Å². The van der Waals surface area contributed by atoms with E-state index >= 15 is 0 Å². The van der Waals surface area contributed by atoms with Gasteiger partial charge in [0.25, 0.3) is 0 Å². The number of hydrogen-bond donors (Lipinski definition) is 0. The summed E-state index contributed by atoms with van der Waals surface area (Å²) >= 11 is 3.75. The summed E-state index contributed by atoms with van der Waals surface area (Å²) in [4.78, 5) is 2.44. The van der Waals surface area contributed by atoms with E-state index in [1.807, 2.05) is 22.7 Å². The number of anilines is 3. The first-order chi connectivity index (χ1) is 27.2. The predicted molar refractivity (Wildman–Crippen MR) is 241 cm³/mol. The highest BCUT2D eigenvalue weighted by Crippen LogP contribution is 2.46. The topological polar surface area (TPSA) is 3.24 Å². The minimum absolute atomic E-state index is 1.11. The number of rotatable bonds is 6. The van der Waals surface area contributed by atoms with Crippen LogP contribution in [0.5, 0.6) is 0 Å². The molecular formula is C52H33NS2. The summed E-state index contributed by atoms with van der Waals surface area (Å²) < 4.78 is 5.22. The highest BCUT2D eigenvalue weighted by molar-refractivity contribution is 7.26. The lowest BCUT2D eigenvalue weighted by Gasteiger charge is -2.27. The molecule has 0 atom stereocenters. The molecule has 0 radical (unpaired) electrons. The third kappa shape index (κ3) is 5.51. The first-order valence-electron chi connectivity index (χ1n) is 18.7. The number of benzene rings is 9. The molecule has 0 aliphatic heterocycles. The van der Waals surface area contributed by atoms with Crippen LogP contribution >= 0.6 is 22.7 Å². The van der Waals surface area contributed by atoms with Crippen molar-refractivity contribution in [2.24, 2.45) is 0 Å². The van der Waals surface area contributed by atoms with Crippen molar-refractivity contribution in [1.29, 1.82) is 0 Å². The first-order valence-corrected chi connectivity index (χ1v) is 20.3. The Morgan fingerprint density at radius 3 is 1.73 bits per heavy atom. The van der Waals surface area contributed by atoms with Gasteiger partial charge in [-0.25, -0.2) is 0 Å². The predicted octanol–water partition coefficient (Wildman–Crippen LogP) is 16.0. The van der Waals surface area contributed by atoms with Gasteiger partial charge in [0.05, 0.1) is 0 Å². The molecule has 258 valence electrons. The number of thiophene rings is 2. The molecule has 0 aliphatic carbocycles. The summed E-state index contributed by atoms with van der Waals surface area (Å²) in [6, 6.07) is 73.5. The van der Waals surface area contributed by atoms with Gasteiger partial charge in [-0.3, -0.25) is 0 Å². The van der Waals surface area contributed by atoms with Crippen molar-refractivity contribution < 1.29 is 0 Å². The van der Waals surface area contributed by atoms with E-state index in [4.69, 9.17) is 0 Å². The molecule has 0 unspecified atom stereocenters. The third-order valence-electron chi connectivity index (χ3n) is 10.8. The van der Waals surface area contributed by atoms with Crippen LogP contribution in [-0.2, 0) is 0 Å². The van der Waals surface area contributed by atoms with Gasteiger partial charge in [-0.2, -0.15) is 0 Å². The molecule has 55 heavy (non-hydrogen) atoms. The zero-order valence-corrected chi connectivity index (χ0v) is 31.4. The fraction of sp³-hybridized carbons (Fsp3) is 0. The Morgan fingerprint density at radius 1 is 0.291 bits per heavy atom. The van der Waals surface area contributed by atoms with Crippen LogP contribution in [0.15, 0.2) is 200 Å². The molecule has 1 nitrogen and oxygen atoms in total. The second-order valence-electron chi connectivity index (χ2n) is 14.1.